The van der Waals surface area contributed by atoms with Gasteiger partial charge in [0.05, 0.1) is 6.10 Å². The van der Waals surface area contributed by atoms with Gasteiger partial charge in [-0.2, -0.15) is 0 Å². The van der Waals surface area contributed by atoms with Crippen molar-refractivity contribution in [2.24, 2.45) is 0 Å². The van der Waals surface area contributed by atoms with Gasteiger partial charge in [0.2, 0.25) is 5.91 Å². The maximum atomic E-state index is 11.5. The highest BCUT2D eigenvalue weighted by atomic mass is 16.3. The van der Waals surface area contributed by atoms with Crippen LogP contribution in [0.2, 0.25) is 0 Å². The average molecular weight is 243 g/mol. The van der Waals surface area contributed by atoms with Gasteiger partial charge in [0.1, 0.15) is 0 Å². The van der Waals surface area contributed by atoms with Crippen LogP contribution in [0.3, 0.4) is 0 Å². The number of aliphatic hydroxyl groups is 1. The van der Waals surface area contributed by atoms with E-state index >= 15 is 0 Å². The van der Waals surface area contributed by atoms with Gasteiger partial charge in [-0.25, -0.2) is 0 Å². The molecule has 1 heterocycles. The van der Waals surface area contributed by atoms with Crippen LogP contribution in [0.15, 0.2) is 0 Å². The first-order chi connectivity index (χ1) is 7.99. The second kappa shape index (κ2) is 6.93. The Morgan fingerprint density at radius 2 is 2.18 bits per heavy atom. The molecule has 17 heavy (non-hydrogen) atoms. The zero-order chi connectivity index (χ0) is 12.8. The summed E-state index contributed by atoms with van der Waals surface area (Å²) in [5.74, 6) is 0.0347. The van der Waals surface area contributed by atoms with E-state index in [0.29, 0.717) is 25.4 Å². The number of hydrogen-bond donors (Lipinski definition) is 2. The predicted octanol–water partition coefficient (Wildman–Crippen LogP) is -0.491. The number of nitrogens with zero attached hydrogens (tertiary/aromatic N) is 2. The minimum Gasteiger partial charge on any atom is -0.393 e. The van der Waals surface area contributed by atoms with E-state index in [-0.39, 0.29) is 5.91 Å². The normalized spacial score (nSPS) is 24.6. The van der Waals surface area contributed by atoms with Gasteiger partial charge in [-0.1, -0.05) is 0 Å². The van der Waals surface area contributed by atoms with Crippen LogP contribution in [0.5, 0.6) is 0 Å². The molecule has 100 valence electrons. The van der Waals surface area contributed by atoms with Gasteiger partial charge in [-0.05, 0) is 27.4 Å². The molecule has 0 bridgehead atoms. The van der Waals surface area contributed by atoms with Crippen molar-refractivity contribution >= 4 is 5.91 Å². The molecule has 0 aliphatic carbocycles. The molecule has 1 aliphatic heterocycles. The van der Waals surface area contributed by atoms with Gasteiger partial charge in [-0.15, -0.1) is 0 Å². The predicted molar refractivity (Wildman–Crippen MR) is 67.8 cm³/mol. The molecule has 2 unspecified atom stereocenters. The van der Waals surface area contributed by atoms with Crippen molar-refractivity contribution in [2.45, 2.75) is 31.9 Å². The average Bonchev–Trinajstić information content (AvgIpc) is 2.27. The van der Waals surface area contributed by atoms with E-state index in [1.165, 1.54) is 0 Å². The molecule has 1 fully saturated rings. The number of rotatable bonds is 5. The Labute approximate surface area is 104 Å². The molecule has 5 nitrogen and oxygen atoms in total. The van der Waals surface area contributed by atoms with E-state index in [9.17, 15) is 4.79 Å². The molecule has 0 aromatic heterocycles. The number of nitrogens with one attached hydrogen (secondary N) is 1. The van der Waals surface area contributed by atoms with Crippen LogP contribution in [-0.4, -0.2) is 73.2 Å². The van der Waals surface area contributed by atoms with E-state index < -0.39 is 6.10 Å². The largest absolute Gasteiger partial charge is 0.393 e. The quantitative estimate of drug-likeness (QED) is 0.684. The van der Waals surface area contributed by atoms with Crippen molar-refractivity contribution in [3.8, 4) is 0 Å². The summed E-state index contributed by atoms with van der Waals surface area (Å²) in [6, 6.07) is 0.393. The Morgan fingerprint density at radius 1 is 1.47 bits per heavy atom. The number of carbonyl (C=O) groups is 1. The molecule has 0 aromatic rings. The summed E-state index contributed by atoms with van der Waals surface area (Å²) < 4.78 is 0. The number of hydrogen-bond acceptors (Lipinski definition) is 4. The first-order valence-corrected chi connectivity index (χ1v) is 6.32. The lowest BCUT2D eigenvalue weighted by molar-refractivity contribution is -0.122. The third-order valence-corrected chi connectivity index (χ3v) is 3.30. The molecule has 1 rings (SSSR count). The molecule has 1 saturated heterocycles. The Hall–Kier alpha value is -0.650. The summed E-state index contributed by atoms with van der Waals surface area (Å²) in [7, 11) is 4.20. The van der Waals surface area contributed by atoms with Crippen LogP contribution in [0, 0.1) is 0 Å². The Bertz CT molecular complexity index is 246. The summed E-state index contributed by atoms with van der Waals surface area (Å²) >= 11 is 0. The highest BCUT2D eigenvalue weighted by molar-refractivity contribution is 5.75. The Morgan fingerprint density at radius 3 is 2.82 bits per heavy atom. The zero-order valence-electron chi connectivity index (χ0n) is 11.1. The summed E-state index contributed by atoms with van der Waals surface area (Å²) in [5.41, 5.74) is 0. The van der Waals surface area contributed by atoms with E-state index in [1.54, 1.807) is 6.92 Å². The first kappa shape index (κ1) is 14.4. The molecule has 0 saturated carbocycles. The van der Waals surface area contributed by atoms with Gasteiger partial charge in [0, 0.05) is 38.6 Å². The second-order valence-electron chi connectivity index (χ2n) is 5.09. The van der Waals surface area contributed by atoms with E-state index in [0.717, 1.165) is 19.6 Å². The minimum atomic E-state index is -0.399. The zero-order valence-corrected chi connectivity index (χ0v) is 11.1. The summed E-state index contributed by atoms with van der Waals surface area (Å²) in [4.78, 5) is 16.1. The number of piperazine rings is 1. The monoisotopic (exact) mass is 243 g/mol. The standard InChI is InChI=1S/C12H25N3O2/c1-10(16)4-5-12(17)13-8-11-9-14(2)6-7-15(11)3/h10-11,16H,4-9H2,1-3H3,(H,13,17). The fraction of sp³-hybridized carbons (Fsp3) is 0.917. The highest BCUT2D eigenvalue weighted by Crippen LogP contribution is 2.05. The molecular formula is C12H25N3O2. The van der Waals surface area contributed by atoms with Crippen LogP contribution in [-0.2, 0) is 4.79 Å². The molecule has 5 heteroatoms. The van der Waals surface area contributed by atoms with E-state index in [1.807, 2.05) is 0 Å². The lowest BCUT2D eigenvalue weighted by Gasteiger charge is -2.37. The van der Waals surface area contributed by atoms with Crippen LogP contribution >= 0.6 is 0 Å². The molecule has 2 atom stereocenters. The van der Waals surface area contributed by atoms with Gasteiger partial charge in [0.25, 0.3) is 0 Å². The minimum absolute atomic E-state index is 0.0347. The maximum absolute atomic E-state index is 11.5. The molecule has 0 spiro atoms. The number of carbonyl (C=O) groups excluding carboxylic acids is 1. The van der Waals surface area contributed by atoms with Crippen molar-refractivity contribution in [2.75, 3.05) is 40.3 Å². The van der Waals surface area contributed by atoms with Crippen LogP contribution in [0.1, 0.15) is 19.8 Å². The maximum Gasteiger partial charge on any atom is 0.220 e. The lowest BCUT2D eigenvalue weighted by Crippen LogP contribution is -2.54. The van der Waals surface area contributed by atoms with Gasteiger partial charge >= 0.3 is 0 Å². The molecule has 0 radical (unpaired) electrons. The SMILES string of the molecule is CC(O)CCC(=O)NCC1CN(C)CCN1C. The van der Waals surface area contributed by atoms with Crippen molar-refractivity contribution in [3.63, 3.8) is 0 Å². The molecule has 2 N–H and O–H groups in total. The van der Waals surface area contributed by atoms with Gasteiger partial charge in [-0.3, -0.25) is 9.69 Å². The van der Waals surface area contributed by atoms with Crippen molar-refractivity contribution in [1.29, 1.82) is 0 Å². The smallest absolute Gasteiger partial charge is 0.220 e. The van der Waals surface area contributed by atoms with Gasteiger partial charge < -0.3 is 15.3 Å². The van der Waals surface area contributed by atoms with Crippen molar-refractivity contribution in [1.82, 2.24) is 15.1 Å². The summed E-state index contributed by atoms with van der Waals surface area (Å²) in [5, 5.41) is 12.0. The fourth-order valence-corrected chi connectivity index (χ4v) is 1.98. The molecular weight excluding hydrogens is 218 g/mol. The van der Waals surface area contributed by atoms with Crippen LogP contribution in [0.25, 0.3) is 0 Å². The van der Waals surface area contributed by atoms with Crippen LogP contribution in [0.4, 0.5) is 0 Å². The number of amides is 1. The van der Waals surface area contributed by atoms with Crippen molar-refractivity contribution in [3.05, 3.63) is 0 Å². The van der Waals surface area contributed by atoms with E-state index in [2.05, 4.69) is 29.2 Å². The van der Waals surface area contributed by atoms with Gasteiger partial charge in [0.15, 0.2) is 0 Å². The molecule has 0 aromatic carbocycles. The van der Waals surface area contributed by atoms with E-state index in [4.69, 9.17) is 5.11 Å². The topological polar surface area (TPSA) is 55.8 Å². The Balaban J connectivity index is 2.22. The number of aliphatic hydroxyl groups excluding tert-OH is 1. The van der Waals surface area contributed by atoms with Crippen molar-refractivity contribution < 1.29 is 9.90 Å². The highest BCUT2D eigenvalue weighted by Gasteiger charge is 2.22. The summed E-state index contributed by atoms with van der Waals surface area (Å²) in [6.07, 6.45) is 0.542. The lowest BCUT2D eigenvalue weighted by atomic mass is 10.1. The fourth-order valence-electron chi connectivity index (χ4n) is 1.98. The van der Waals surface area contributed by atoms with Crippen LogP contribution < -0.4 is 5.32 Å². The molecule has 1 aliphatic rings. The first-order valence-electron chi connectivity index (χ1n) is 6.32. The Kier molecular flexibility index (Phi) is 5.88. The number of likely N-dealkylation sites (N-methyl/N-ethyl adjacent to an activating group) is 2. The second-order valence-corrected chi connectivity index (χ2v) is 5.09. The summed E-state index contributed by atoms with van der Waals surface area (Å²) in [6.45, 7) is 5.53. The third kappa shape index (κ3) is 5.48. The third-order valence-electron chi connectivity index (χ3n) is 3.30. The molecule has 1 amide bonds.